The Hall–Kier alpha value is -3.41. The lowest BCUT2D eigenvalue weighted by atomic mass is 10.1. The van der Waals surface area contributed by atoms with Gasteiger partial charge in [0.1, 0.15) is 6.54 Å². The zero-order valence-electron chi connectivity index (χ0n) is 16.9. The van der Waals surface area contributed by atoms with E-state index in [-0.39, 0.29) is 12.5 Å². The van der Waals surface area contributed by atoms with Crippen LogP contribution in [0.5, 0.6) is 0 Å². The number of Topliss-reactive ketones (excluding diaryl/α,β-unsaturated/α-hetero) is 1. The number of likely N-dealkylation sites (N-methyl/N-ethyl adjacent to an activating group) is 1. The van der Waals surface area contributed by atoms with Crippen LogP contribution in [-0.2, 0) is 16.1 Å². The first kappa shape index (κ1) is 20.3. The van der Waals surface area contributed by atoms with Crippen molar-refractivity contribution in [1.29, 1.82) is 0 Å². The maximum absolute atomic E-state index is 12.9. The van der Waals surface area contributed by atoms with Gasteiger partial charge in [0.15, 0.2) is 0 Å². The molecule has 3 aromatic rings. The van der Waals surface area contributed by atoms with Crippen molar-refractivity contribution in [3.63, 3.8) is 0 Å². The Kier molecular flexibility index (Phi) is 6.12. The average molecular weight is 391 g/mol. The predicted octanol–water partition coefficient (Wildman–Crippen LogP) is 3.64. The first-order valence-electron chi connectivity index (χ1n) is 9.73. The number of rotatable bonds is 7. The summed E-state index contributed by atoms with van der Waals surface area (Å²) in [6.07, 6.45) is 1.60. The van der Waals surface area contributed by atoms with Crippen LogP contribution >= 0.6 is 0 Å². The molecular weight excluding hydrogens is 366 g/mol. The summed E-state index contributed by atoms with van der Waals surface area (Å²) in [7, 11) is 0. The van der Waals surface area contributed by atoms with Crippen LogP contribution in [0.3, 0.4) is 0 Å². The highest BCUT2D eigenvalue weighted by Gasteiger charge is 2.23. The second kappa shape index (κ2) is 8.73. The molecule has 1 aromatic heterocycles. The van der Waals surface area contributed by atoms with Gasteiger partial charge in [0, 0.05) is 35.9 Å². The molecule has 0 radical (unpaired) electrons. The van der Waals surface area contributed by atoms with Gasteiger partial charge >= 0.3 is 0 Å². The van der Waals surface area contributed by atoms with Crippen molar-refractivity contribution >= 4 is 34.2 Å². The number of nitrogens with zero attached hydrogens (tertiary/aromatic N) is 2. The molecule has 0 bridgehead atoms. The Balaban J connectivity index is 1.91. The van der Waals surface area contributed by atoms with E-state index in [1.54, 1.807) is 33.9 Å². The average Bonchev–Trinajstić information content (AvgIpc) is 3.08. The van der Waals surface area contributed by atoms with Gasteiger partial charge in [0.05, 0.1) is 5.56 Å². The lowest BCUT2D eigenvalue weighted by Gasteiger charge is -2.19. The van der Waals surface area contributed by atoms with Crippen LogP contribution in [-0.4, -0.2) is 40.2 Å². The molecule has 0 aliphatic heterocycles. The summed E-state index contributed by atoms with van der Waals surface area (Å²) in [4.78, 5) is 39.8. The van der Waals surface area contributed by atoms with E-state index >= 15 is 0 Å². The highest BCUT2D eigenvalue weighted by Crippen LogP contribution is 2.23. The zero-order chi connectivity index (χ0) is 21.0. The zero-order valence-corrected chi connectivity index (χ0v) is 16.9. The minimum absolute atomic E-state index is 0.0286. The lowest BCUT2D eigenvalue weighted by Crippen LogP contribution is -2.33. The number of aryl methyl sites for hydroxylation is 1. The van der Waals surface area contributed by atoms with Crippen molar-refractivity contribution in [1.82, 2.24) is 9.47 Å². The highest BCUT2D eigenvalue weighted by atomic mass is 16.2. The van der Waals surface area contributed by atoms with E-state index in [1.165, 1.54) is 0 Å². The molecular formula is C23H25N3O3. The Morgan fingerprint density at radius 2 is 1.62 bits per heavy atom. The minimum Gasteiger partial charge on any atom is -0.342 e. The number of hydrogen-bond acceptors (Lipinski definition) is 3. The number of benzene rings is 2. The molecule has 0 unspecified atom stereocenters. The van der Waals surface area contributed by atoms with E-state index in [2.05, 4.69) is 5.32 Å². The molecule has 1 heterocycles. The molecule has 2 aromatic carbocycles. The molecule has 0 aliphatic rings. The van der Waals surface area contributed by atoms with Gasteiger partial charge in [-0.2, -0.15) is 0 Å². The Bertz CT molecular complexity index is 1060. The molecule has 0 aliphatic carbocycles. The van der Waals surface area contributed by atoms with Crippen LogP contribution in [0.15, 0.2) is 54.7 Å². The van der Waals surface area contributed by atoms with Crippen molar-refractivity contribution < 1.29 is 14.4 Å². The van der Waals surface area contributed by atoms with Crippen LogP contribution < -0.4 is 5.32 Å². The second-order valence-electron chi connectivity index (χ2n) is 6.85. The maximum atomic E-state index is 12.9. The van der Waals surface area contributed by atoms with Crippen molar-refractivity contribution in [2.75, 3.05) is 18.4 Å². The monoisotopic (exact) mass is 391 g/mol. The first-order chi connectivity index (χ1) is 14.0. The standard InChI is InChI=1S/C23H25N3O3/c1-4-25(5-2)21(27)15-26-14-18(17-11-7-9-13-20(17)26)22(28)23(29)24-19-12-8-6-10-16(19)3/h6-14H,4-5,15H2,1-3H3,(H,24,29). The predicted molar refractivity (Wildman–Crippen MR) is 114 cm³/mol. The number of hydrogen-bond donors (Lipinski definition) is 1. The molecule has 0 spiro atoms. The molecule has 29 heavy (non-hydrogen) atoms. The summed E-state index contributed by atoms with van der Waals surface area (Å²) in [5, 5.41) is 3.34. The molecule has 150 valence electrons. The molecule has 0 saturated heterocycles. The van der Waals surface area contributed by atoms with E-state index in [0.29, 0.717) is 29.7 Å². The third-order valence-corrected chi connectivity index (χ3v) is 5.05. The van der Waals surface area contributed by atoms with E-state index in [0.717, 1.165) is 11.1 Å². The lowest BCUT2D eigenvalue weighted by molar-refractivity contribution is -0.131. The third-order valence-electron chi connectivity index (χ3n) is 5.05. The fraction of sp³-hybridized carbons (Fsp3) is 0.261. The van der Waals surface area contributed by atoms with Gasteiger partial charge in [-0.1, -0.05) is 36.4 Å². The van der Waals surface area contributed by atoms with Crippen molar-refractivity contribution in [3.05, 3.63) is 65.9 Å². The molecule has 2 amide bonds. The largest absolute Gasteiger partial charge is 0.342 e. The van der Waals surface area contributed by atoms with Gasteiger partial charge in [-0.05, 0) is 38.5 Å². The molecule has 0 saturated carbocycles. The number of carbonyl (C=O) groups excluding carboxylic acids is 3. The van der Waals surface area contributed by atoms with Crippen molar-refractivity contribution in [2.45, 2.75) is 27.3 Å². The van der Waals surface area contributed by atoms with E-state index in [1.807, 2.05) is 51.1 Å². The number of carbonyl (C=O) groups is 3. The van der Waals surface area contributed by atoms with Crippen LogP contribution in [0, 0.1) is 6.92 Å². The molecule has 1 N–H and O–H groups in total. The number of anilines is 1. The summed E-state index contributed by atoms with van der Waals surface area (Å²) >= 11 is 0. The number of fused-ring (bicyclic) bond motifs is 1. The van der Waals surface area contributed by atoms with Crippen LogP contribution in [0.25, 0.3) is 10.9 Å². The number of nitrogens with one attached hydrogen (secondary N) is 1. The number of ketones is 1. The smallest absolute Gasteiger partial charge is 0.296 e. The maximum Gasteiger partial charge on any atom is 0.296 e. The van der Waals surface area contributed by atoms with Gasteiger partial charge in [0.25, 0.3) is 11.7 Å². The summed E-state index contributed by atoms with van der Waals surface area (Å²) in [6, 6.07) is 14.6. The van der Waals surface area contributed by atoms with Crippen molar-refractivity contribution in [2.24, 2.45) is 0 Å². The van der Waals surface area contributed by atoms with Crippen LogP contribution in [0.1, 0.15) is 29.8 Å². The van der Waals surface area contributed by atoms with Gasteiger partial charge in [-0.25, -0.2) is 0 Å². The summed E-state index contributed by atoms with van der Waals surface area (Å²) in [5.41, 5.74) is 2.52. The number of aromatic nitrogens is 1. The number of para-hydroxylation sites is 2. The van der Waals surface area contributed by atoms with Gasteiger partial charge in [0.2, 0.25) is 5.91 Å². The fourth-order valence-corrected chi connectivity index (χ4v) is 3.40. The molecule has 6 nitrogen and oxygen atoms in total. The van der Waals surface area contributed by atoms with E-state index in [4.69, 9.17) is 0 Å². The Morgan fingerprint density at radius 1 is 0.966 bits per heavy atom. The van der Waals surface area contributed by atoms with E-state index < -0.39 is 11.7 Å². The Morgan fingerprint density at radius 3 is 2.31 bits per heavy atom. The van der Waals surface area contributed by atoms with E-state index in [9.17, 15) is 14.4 Å². The minimum atomic E-state index is -0.697. The quantitative estimate of drug-likeness (QED) is 0.494. The molecule has 6 heteroatoms. The summed E-state index contributed by atoms with van der Waals surface area (Å²) < 4.78 is 1.74. The Labute approximate surface area is 170 Å². The summed E-state index contributed by atoms with van der Waals surface area (Å²) in [6.45, 7) is 7.10. The topological polar surface area (TPSA) is 71.4 Å². The van der Waals surface area contributed by atoms with Crippen LogP contribution in [0.2, 0.25) is 0 Å². The van der Waals surface area contributed by atoms with Gasteiger partial charge < -0.3 is 14.8 Å². The second-order valence-corrected chi connectivity index (χ2v) is 6.85. The SMILES string of the molecule is CCN(CC)C(=O)Cn1cc(C(=O)C(=O)Nc2ccccc2C)c2ccccc21. The third kappa shape index (κ3) is 4.21. The van der Waals surface area contributed by atoms with Gasteiger partial charge in [-0.15, -0.1) is 0 Å². The normalized spacial score (nSPS) is 10.7. The molecule has 0 atom stereocenters. The fourth-order valence-electron chi connectivity index (χ4n) is 3.40. The summed E-state index contributed by atoms with van der Waals surface area (Å²) in [5.74, 6) is -1.35. The van der Waals surface area contributed by atoms with Crippen LogP contribution in [0.4, 0.5) is 5.69 Å². The first-order valence-corrected chi connectivity index (χ1v) is 9.73. The molecule has 3 rings (SSSR count). The highest BCUT2D eigenvalue weighted by molar-refractivity contribution is 6.48. The number of amides is 2. The molecule has 0 fully saturated rings. The van der Waals surface area contributed by atoms with Crippen molar-refractivity contribution in [3.8, 4) is 0 Å². The van der Waals surface area contributed by atoms with Gasteiger partial charge in [-0.3, -0.25) is 14.4 Å².